The first kappa shape index (κ1) is 23.6. The van der Waals surface area contributed by atoms with Gasteiger partial charge < -0.3 is 20.1 Å². The van der Waals surface area contributed by atoms with Crippen molar-refractivity contribution < 1.29 is 23.9 Å². The number of hydrogen-bond acceptors (Lipinski definition) is 8. The van der Waals surface area contributed by atoms with Crippen LogP contribution in [0.15, 0.2) is 71.2 Å². The highest BCUT2D eigenvalue weighted by atomic mass is 16.5. The lowest BCUT2D eigenvalue weighted by Gasteiger charge is -2.36. The summed E-state index contributed by atoms with van der Waals surface area (Å²) >= 11 is 0. The molecule has 2 aromatic rings. The van der Waals surface area contributed by atoms with Gasteiger partial charge in [0.2, 0.25) is 5.91 Å². The molecule has 1 amide bonds. The molecular weight excluding hydrogens is 448 g/mol. The van der Waals surface area contributed by atoms with Crippen LogP contribution in [0, 0.1) is 11.3 Å². The molecule has 0 spiro atoms. The number of allylic oxidation sites excluding steroid dienone is 1. The summed E-state index contributed by atoms with van der Waals surface area (Å²) in [5.41, 5.74) is 9.12. The van der Waals surface area contributed by atoms with Crippen molar-refractivity contribution in [2.45, 2.75) is 19.3 Å². The van der Waals surface area contributed by atoms with Gasteiger partial charge in [0.05, 0.1) is 37.4 Å². The maximum absolute atomic E-state index is 13.1. The number of ether oxygens (including phenoxy) is 2. The Hall–Kier alpha value is -4.58. The van der Waals surface area contributed by atoms with Crippen molar-refractivity contribution in [1.82, 2.24) is 0 Å². The Morgan fingerprint density at radius 2 is 1.74 bits per heavy atom. The van der Waals surface area contributed by atoms with Gasteiger partial charge in [0.15, 0.2) is 0 Å². The smallest absolute Gasteiger partial charge is 0.355 e. The number of nitrogens with zero attached hydrogens (tertiary/aromatic N) is 3. The molecule has 2 heterocycles. The van der Waals surface area contributed by atoms with Crippen LogP contribution in [-0.4, -0.2) is 38.6 Å². The average molecular weight is 473 g/mol. The van der Waals surface area contributed by atoms with E-state index in [0.29, 0.717) is 24.2 Å². The molecule has 2 N–H and O–H groups in total. The number of anilines is 2. The van der Waals surface area contributed by atoms with Crippen LogP contribution < -0.4 is 15.5 Å². The van der Waals surface area contributed by atoms with Gasteiger partial charge in [-0.25, -0.2) is 9.59 Å². The van der Waals surface area contributed by atoms with Crippen LogP contribution in [-0.2, 0) is 30.3 Å². The Balaban J connectivity index is 1.99. The van der Waals surface area contributed by atoms with Gasteiger partial charge in [-0.1, -0.05) is 30.3 Å². The van der Waals surface area contributed by atoms with Crippen molar-refractivity contribution in [3.05, 3.63) is 82.3 Å². The minimum absolute atomic E-state index is 0.00391. The van der Waals surface area contributed by atoms with Gasteiger partial charge in [0.25, 0.3) is 0 Å². The molecule has 9 nitrogen and oxygen atoms in total. The normalized spacial score (nSPS) is 17.1. The van der Waals surface area contributed by atoms with E-state index in [1.165, 1.54) is 26.0 Å². The van der Waals surface area contributed by atoms with E-state index in [1.54, 1.807) is 53.4 Å². The minimum Gasteiger partial charge on any atom is -0.466 e. The van der Waals surface area contributed by atoms with Crippen molar-refractivity contribution in [2.24, 2.45) is 5.73 Å². The molecule has 1 atom stereocenters. The summed E-state index contributed by atoms with van der Waals surface area (Å²) in [6.07, 6.45) is 0.610. The first-order valence-electron chi connectivity index (χ1n) is 10.9. The van der Waals surface area contributed by atoms with Crippen molar-refractivity contribution in [3.63, 3.8) is 0 Å². The van der Waals surface area contributed by atoms with E-state index in [9.17, 15) is 19.6 Å². The second-order valence-electron chi connectivity index (χ2n) is 8.07. The first-order chi connectivity index (χ1) is 16.8. The van der Waals surface area contributed by atoms with Gasteiger partial charge in [-0.2, -0.15) is 5.26 Å². The topological polar surface area (TPSA) is 126 Å². The number of nitriles is 1. The summed E-state index contributed by atoms with van der Waals surface area (Å²) in [4.78, 5) is 41.2. The Kier molecular flexibility index (Phi) is 6.30. The molecule has 0 radical (unpaired) electrons. The zero-order chi connectivity index (χ0) is 25.3. The predicted octanol–water partition coefficient (Wildman–Crippen LogP) is 2.49. The first-order valence-corrected chi connectivity index (χ1v) is 10.9. The molecular formula is C26H24N4O5. The summed E-state index contributed by atoms with van der Waals surface area (Å²) in [5, 5.41) is 10.1. The number of carbonyl (C=O) groups is 3. The molecule has 9 heteroatoms. The fourth-order valence-corrected chi connectivity index (χ4v) is 4.64. The zero-order valence-electron chi connectivity index (χ0n) is 19.6. The molecule has 0 aliphatic carbocycles. The summed E-state index contributed by atoms with van der Waals surface area (Å²) in [6.45, 7) is 2.03. The fourth-order valence-electron chi connectivity index (χ4n) is 4.64. The molecule has 1 unspecified atom stereocenters. The van der Waals surface area contributed by atoms with Gasteiger partial charge in [-0.05, 0) is 35.7 Å². The third-order valence-corrected chi connectivity index (χ3v) is 6.21. The molecule has 0 aromatic heterocycles. The number of rotatable bonds is 4. The zero-order valence-corrected chi connectivity index (χ0v) is 19.6. The van der Waals surface area contributed by atoms with Gasteiger partial charge in [-0.3, -0.25) is 9.69 Å². The van der Waals surface area contributed by atoms with Gasteiger partial charge in [-0.15, -0.1) is 0 Å². The second-order valence-corrected chi connectivity index (χ2v) is 8.07. The van der Waals surface area contributed by atoms with Crippen LogP contribution >= 0.6 is 0 Å². The molecule has 35 heavy (non-hydrogen) atoms. The standard InChI is InChI=1S/C26H24N4O5/c1-15(31)29-12-11-17-13-18(9-10-20(17)29)30-23(26(33)35-3)22(25(32)34-2)21(19(14-27)24(30)28)16-7-5-4-6-8-16/h4-10,13,21H,11-12,28H2,1-3H3. The number of carbonyl (C=O) groups excluding carboxylic acids is 3. The summed E-state index contributed by atoms with van der Waals surface area (Å²) in [5.74, 6) is -2.60. The van der Waals surface area contributed by atoms with Crippen molar-refractivity contribution >= 4 is 29.2 Å². The largest absolute Gasteiger partial charge is 0.466 e. The lowest BCUT2D eigenvalue weighted by Crippen LogP contribution is -2.40. The minimum atomic E-state index is -0.929. The lowest BCUT2D eigenvalue weighted by molar-refractivity contribution is -0.139. The Bertz CT molecular complexity index is 1320. The van der Waals surface area contributed by atoms with Crippen molar-refractivity contribution in [2.75, 3.05) is 30.6 Å². The third kappa shape index (κ3) is 3.89. The molecule has 2 aromatic carbocycles. The quantitative estimate of drug-likeness (QED) is 0.673. The van der Waals surface area contributed by atoms with Crippen LogP contribution in [0.3, 0.4) is 0 Å². The van der Waals surface area contributed by atoms with E-state index >= 15 is 0 Å². The van der Waals surface area contributed by atoms with E-state index in [1.807, 2.05) is 0 Å². The summed E-state index contributed by atoms with van der Waals surface area (Å²) < 4.78 is 10.1. The maximum Gasteiger partial charge on any atom is 0.355 e. The van der Waals surface area contributed by atoms with Crippen LogP contribution in [0.1, 0.15) is 24.0 Å². The van der Waals surface area contributed by atoms with E-state index in [-0.39, 0.29) is 28.6 Å². The number of hydrogen-bond donors (Lipinski definition) is 1. The Morgan fingerprint density at radius 3 is 2.34 bits per heavy atom. The number of esters is 2. The monoisotopic (exact) mass is 472 g/mol. The highest BCUT2D eigenvalue weighted by Gasteiger charge is 2.43. The van der Waals surface area contributed by atoms with Crippen LogP contribution in [0.4, 0.5) is 11.4 Å². The van der Waals surface area contributed by atoms with E-state index in [4.69, 9.17) is 15.2 Å². The summed E-state index contributed by atoms with van der Waals surface area (Å²) in [7, 11) is 2.41. The number of benzene rings is 2. The van der Waals surface area contributed by atoms with Gasteiger partial charge in [0.1, 0.15) is 11.5 Å². The SMILES string of the molecule is COC(=O)C1=C(C(=O)OC)N(c2ccc3c(c2)CCN3C(C)=O)C(N)=C(C#N)C1c1ccccc1. The molecule has 0 bridgehead atoms. The fraction of sp³-hybridized carbons (Fsp3) is 0.231. The van der Waals surface area contributed by atoms with E-state index in [2.05, 4.69) is 6.07 Å². The highest BCUT2D eigenvalue weighted by Crippen LogP contribution is 2.44. The Morgan fingerprint density at radius 1 is 1.06 bits per heavy atom. The molecule has 178 valence electrons. The molecule has 2 aliphatic heterocycles. The molecule has 2 aliphatic rings. The number of nitrogens with two attached hydrogens (primary N) is 1. The third-order valence-electron chi connectivity index (χ3n) is 6.21. The summed E-state index contributed by atoms with van der Waals surface area (Å²) in [6, 6.07) is 16.2. The number of methoxy groups -OCH3 is 2. The van der Waals surface area contributed by atoms with Crippen LogP contribution in [0.5, 0.6) is 0 Å². The highest BCUT2D eigenvalue weighted by molar-refractivity contribution is 6.06. The maximum atomic E-state index is 13.1. The lowest BCUT2D eigenvalue weighted by atomic mass is 9.81. The molecule has 0 saturated carbocycles. The number of fused-ring (bicyclic) bond motifs is 1. The average Bonchev–Trinajstić information content (AvgIpc) is 3.31. The van der Waals surface area contributed by atoms with Crippen LogP contribution in [0.25, 0.3) is 0 Å². The van der Waals surface area contributed by atoms with E-state index < -0.39 is 17.9 Å². The van der Waals surface area contributed by atoms with Gasteiger partial charge >= 0.3 is 11.9 Å². The second kappa shape index (κ2) is 9.35. The molecule has 0 saturated heterocycles. The van der Waals surface area contributed by atoms with Gasteiger partial charge in [0, 0.05) is 24.8 Å². The Labute approximate surface area is 202 Å². The van der Waals surface area contributed by atoms with E-state index in [0.717, 1.165) is 11.3 Å². The van der Waals surface area contributed by atoms with Crippen molar-refractivity contribution in [1.29, 1.82) is 5.26 Å². The predicted molar refractivity (Wildman–Crippen MR) is 128 cm³/mol. The number of amides is 1. The molecule has 4 rings (SSSR count). The van der Waals surface area contributed by atoms with Crippen LogP contribution in [0.2, 0.25) is 0 Å². The molecule has 0 fully saturated rings. The van der Waals surface area contributed by atoms with Crippen molar-refractivity contribution in [3.8, 4) is 6.07 Å².